The first-order valence-corrected chi connectivity index (χ1v) is 13.4. The minimum atomic E-state index is -1.02. The molecule has 0 saturated heterocycles. The van der Waals surface area contributed by atoms with Crippen molar-refractivity contribution in [1.29, 1.82) is 0 Å². The van der Waals surface area contributed by atoms with E-state index in [1.165, 1.54) is 27.2 Å². The molecule has 35 heavy (non-hydrogen) atoms. The van der Waals surface area contributed by atoms with E-state index in [2.05, 4.69) is 84.3 Å². The Morgan fingerprint density at radius 1 is 1.03 bits per heavy atom. The monoisotopic (exact) mass is 481 g/mol. The second-order valence-electron chi connectivity index (χ2n) is 8.65. The van der Waals surface area contributed by atoms with Gasteiger partial charge in [-0.15, -0.1) is 0 Å². The average Bonchev–Trinajstić information content (AvgIpc) is 3.21. The predicted octanol–water partition coefficient (Wildman–Crippen LogP) is 6.27. The molecule has 0 amide bonds. The van der Waals surface area contributed by atoms with Gasteiger partial charge in [-0.25, -0.2) is 4.57 Å². The summed E-state index contributed by atoms with van der Waals surface area (Å²) in [7, 11) is 1.06. The lowest BCUT2D eigenvalue weighted by atomic mass is 10.0. The molecule has 5 heteroatoms. The fourth-order valence-electron chi connectivity index (χ4n) is 4.55. The van der Waals surface area contributed by atoms with Crippen molar-refractivity contribution in [1.82, 2.24) is 0 Å². The molecule has 4 aromatic rings. The normalized spacial score (nSPS) is 15.5. The first kappa shape index (κ1) is 23.1. The van der Waals surface area contributed by atoms with Gasteiger partial charge in [-0.05, 0) is 53.1 Å². The number of fused-ring (bicyclic) bond motifs is 4. The highest BCUT2D eigenvalue weighted by Crippen LogP contribution is 2.40. The minimum absolute atomic E-state index is 0.786. The molecule has 3 aromatic carbocycles. The van der Waals surface area contributed by atoms with Crippen LogP contribution in [0.2, 0.25) is 0 Å². The van der Waals surface area contributed by atoms with Gasteiger partial charge in [-0.1, -0.05) is 55.5 Å². The number of hydrogen-bond donors (Lipinski definition) is 0. The molecule has 0 saturated carbocycles. The quantitative estimate of drug-likeness (QED) is 0.185. The van der Waals surface area contributed by atoms with E-state index in [1.54, 1.807) is 6.26 Å². The van der Waals surface area contributed by atoms with Crippen molar-refractivity contribution in [2.75, 3.05) is 17.7 Å². The number of allylic oxidation sites excluding steroid dienone is 4. The molecule has 0 aliphatic carbocycles. The highest BCUT2D eigenvalue weighted by molar-refractivity contribution is 7.84. The van der Waals surface area contributed by atoms with Gasteiger partial charge in [-0.3, -0.25) is 4.21 Å². The maximum atomic E-state index is 11.9. The zero-order valence-electron chi connectivity index (χ0n) is 20.3. The lowest BCUT2D eigenvalue weighted by molar-refractivity contribution is -0.644. The Hall–Kier alpha value is -3.70. The van der Waals surface area contributed by atoms with Crippen molar-refractivity contribution >= 4 is 44.2 Å². The molecule has 1 atom stereocenters. The smallest absolute Gasteiger partial charge is 0.213 e. The minimum Gasteiger partial charge on any atom is -0.439 e. The molecule has 1 aromatic heterocycles. The van der Waals surface area contributed by atoms with Crippen molar-refractivity contribution in [3.05, 3.63) is 103 Å². The zero-order valence-corrected chi connectivity index (χ0v) is 21.1. The van der Waals surface area contributed by atoms with Crippen LogP contribution < -0.4 is 14.2 Å². The topological polar surface area (TPSA) is 33.4 Å². The number of ether oxygens (including phenoxy) is 1. The summed E-state index contributed by atoms with van der Waals surface area (Å²) >= 11 is 0. The van der Waals surface area contributed by atoms with Crippen molar-refractivity contribution in [3.63, 3.8) is 0 Å². The summed E-state index contributed by atoms with van der Waals surface area (Å²) in [5.74, 6) is 1.59. The summed E-state index contributed by atoms with van der Waals surface area (Å²) in [4.78, 5) is 2.96. The number of rotatable bonds is 6. The number of nitrogens with zero attached hydrogens (tertiary/aromatic N) is 2. The van der Waals surface area contributed by atoms with E-state index >= 15 is 0 Å². The number of hydrogen-bond acceptors (Lipinski definition) is 3. The summed E-state index contributed by atoms with van der Waals surface area (Å²) in [6.07, 6.45) is 15.0. The molecule has 0 fully saturated rings. The molecule has 2 heterocycles. The molecule has 0 N–H and O–H groups in total. The van der Waals surface area contributed by atoms with E-state index in [0.717, 1.165) is 35.2 Å². The lowest BCUT2D eigenvalue weighted by Gasteiger charge is -2.17. The molecule has 0 spiro atoms. The van der Waals surface area contributed by atoms with Gasteiger partial charge in [0.1, 0.15) is 7.05 Å². The van der Waals surface area contributed by atoms with Crippen LogP contribution in [0.25, 0.3) is 27.8 Å². The first-order valence-electron chi connectivity index (χ1n) is 11.8. The Morgan fingerprint density at radius 3 is 2.71 bits per heavy atom. The summed E-state index contributed by atoms with van der Waals surface area (Å²) in [6.45, 7) is 2.98. The van der Waals surface area contributed by atoms with Crippen LogP contribution in [0.15, 0.2) is 102 Å². The predicted molar refractivity (Wildman–Crippen MR) is 146 cm³/mol. The molecular formula is C30H29N2O2S+. The molecule has 1 aliphatic rings. The number of aryl methyl sites for hydroxylation is 1. The van der Waals surface area contributed by atoms with Gasteiger partial charge >= 0.3 is 0 Å². The third-order valence-electron chi connectivity index (χ3n) is 6.27. The van der Waals surface area contributed by atoms with Crippen LogP contribution in [0.1, 0.15) is 18.9 Å². The van der Waals surface area contributed by atoms with Crippen molar-refractivity contribution in [2.45, 2.75) is 18.2 Å². The van der Waals surface area contributed by atoms with E-state index < -0.39 is 10.8 Å². The van der Waals surface area contributed by atoms with E-state index in [-0.39, 0.29) is 0 Å². The van der Waals surface area contributed by atoms with Gasteiger partial charge < -0.3 is 9.64 Å². The van der Waals surface area contributed by atoms with Crippen molar-refractivity contribution in [2.24, 2.45) is 7.05 Å². The van der Waals surface area contributed by atoms with Crippen LogP contribution in [0.5, 0.6) is 5.75 Å². The Kier molecular flexibility index (Phi) is 6.51. The van der Waals surface area contributed by atoms with Crippen LogP contribution in [0, 0.1) is 0 Å². The zero-order chi connectivity index (χ0) is 24.4. The van der Waals surface area contributed by atoms with Crippen LogP contribution in [0.3, 0.4) is 0 Å². The fraction of sp³-hybridized carbons (Fsp3) is 0.167. The van der Waals surface area contributed by atoms with Gasteiger partial charge in [0, 0.05) is 40.6 Å². The Labute approximate surface area is 208 Å². The number of pyridine rings is 1. The Balaban J connectivity index is 1.42. The van der Waals surface area contributed by atoms with E-state index in [9.17, 15) is 4.21 Å². The van der Waals surface area contributed by atoms with E-state index in [0.29, 0.717) is 0 Å². The number of aromatic nitrogens is 1. The summed E-state index contributed by atoms with van der Waals surface area (Å²) in [5, 5.41) is 3.75. The van der Waals surface area contributed by atoms with Crippen molar-refractivity contribution in [3.8, 4) is 5.75 Å². The molecular weight excluding hydrogens is 452 g/mol. The van der Waals surface area contributed by atoms with Gasteiger partial charge in [0.25, 0.3) is 0 Å². The largest absolute Gasteiger partial charge is 0.439 e. The molecule has 0 bridgehead atoms. The summed E-state index contributed by atoms with van der Waals surface area (Å²) < 4.78 is 20.2. The molecule has 1 aliphatic heterocycles. The fourth-order valence-corrected chi connectivity index (χ4v) is 5.09. The second-order valence-corrected chi connectivity index (χ2v) is 10.0. The van der Waals surface area contributed by atoms with Crippen LogP contribution in [-0.4, -0.2) is 17.0 Å². The summed E-state index contributed by atoms with van der Waals surface area (Å²) in [6, 6.07) is 20.8. The number of benzene rings is 3. The Morgan fingerprint density at radius 2 is 1.89 bits per heavy atom. The van der Waals surface area contributed by atoms with Crippen molar-refractivity contribution < 1.29 is 13.5 Å². The summed E-state index contributed by atoms with van der Waals surface area (Å²) in [5.41, 5.74) is 3.37. The SMILES string of the molecule is CCCN1/C(=C/C=C/C=C/c2cc[n+](C)c3ccc4ccccc4c23)Oc2ccc(S(C)=O)cc21. The van der Waals surface area contributed by atoms with E-state index in [1.807, 2.05) is 36.4 Å². The van der Waals surface area contributed by atoms with Crippen LogP contribution in [0.4, 0.5) is 5.69 Å². The maximum Gasteiger partial charge on any atom is 0.213 e. The average molecular weight is 482 g/mol. The van der Waals surface area contributed by atoms with Gasteiger partial charge in [0.2, 0.25) is 11.4 Å². The van der Waals surface area contributed by atoms with Gasteiger partial charge in [0.05, 0.1) is 11.1 Å². The number of anilines is 1. The molecule has 1 unspecified atom stereocenters. The van der Waals surface area contributed by atoms with E-state index in [4.69, 9.17) is 4.74 Å². The van der Waals surface area contributed by atoms with Crippen LogP contribution in [-0.2, 0) is 17.8 Å². The standard InChI is InChI=1S/C30H29N2O2S/c1-4-19-32-27-21-24(35(3)33)15-17-28(27)34-29(32)13-7-5-6-11-23-18-20-31(2)26-16-14-22-10-8-9-12-25(22)30(23)26/h5-18,20-21H,4,19H2,1-3H3/q+1. The van der Waals surface area contributed by atoms with Gasteiger partial charge in [-0.2, -0.15) is 0 Å². The highest BCUT2D eigenvalue weighted by Gasteiger charge is 2.25. The molecule has 0 radical (unpaired) electrons. The third kappa shape index (κ3) is 4.52. The van der Waals surface area contributed by atoms with Crippen LogP contribution >= 0.6 is 0 Å². The Bertz CT molecular complexity index is 1530. The first-order chi connectivity index (χ1) is 17.1. The lowest BCUT2D eigenvalue weighted by Crippen LogP contribution is -2.28. The molecule has 5 rings (SSSR count). The second kappa shape index (κ2) is 9.88. The third-order valence-corrected chi connectivity index (χ3v) is 7.19. The highest BCUT2D eigenvalue weighted by atomic mass is 32.2. The molecule has 4 nitrogen and oxygen atoms in total. The maximum absolute atomic E-state index is 11.9. The van der Waals surface area contributed by atoms with Gasteiger partial charge in [0.15, 0.2) is 11.9 Å². The molecule has 176 valence electrons.